The van der Waals surface area contributed by atoms with E-state index in [4.69, 9.17) is 0 Å². The number of amides is 1. The van der Waals surface area contributed by atoms with Crippen molar-refractivity contribution in [3.05, 3.63) is 29.4 Å². The molecule has 0 bridgehead atoms. The van der Waals surface area contributed by atoms with Gasteiger partial charge in [0.1, 0.15) is 0 Å². The van der Waals surface area contributed by atoms with Gasteiger partial charge in [0.05, 0.1) is 0 Å². The average molecular weight is 289 g/mol. The molecule has 0 atom stereocenters. The van der Waals surface area contributed by atoms with Gasteiger partial charge in [0, 0.05) is 24.7 Å². The predicted molar refractivity (Wildman–Crippen MR) is 78.2 cm³/mol. The highest BCUT2D eigenvalue weighted by atomic mass is 32.1. The van der Waals surface area contributed by atoms with Crippen LogP contribution in [0.15, 0.2) is 23.7 Å². The van der Waals surface area contributed by atoms with Crippen molar-refractivity contribution < 1.29 is 4.79 Å². The first-order valence-corrected chi connectivity index (χ1v) is 7.50. The molecule has 3 rings (SSSR count). The Labute approximate surface area is 120 Å². The van der Waals surface area contributed by atoms with Crippen LogP contribution < -0.4 is 10.2 Å². The second-order valence-electron chi connectivity index (χ2n) is 4.62. The molecule has 6 nitrogen and oxygen atoms in total. The summed E-state index contributed by atoms with van der Waals surface area (Å²) in [7, 11) is 0. The van der Waals surface area contributed by atoms with Gasteiger partial charge in [-0.25, -0.2) is 4.98 Å². The Hall–Kier alpha value is -2.02. The second kappa shape index (κ2) is 5.96. The second-order valence-corrected chi connectivity index (χ2v) is 5.51. The van der Waals surface area contributed by atoms with Crippen molar-refractivity contribution in [2.24, 2.45) is 0 Å². The third kappa shape index (κ3) is 2.93. The van der Waals surface area contributed by atoms with Crippen LogP contribution >= 0.6 is 11.3 Å². The maximum atomic E-state index is 11.9. The monoisotopic (exact) mass is 289 g/mol. The SMILES string of the molecule is O=C(Nc1nccs1)c1ccc(N2CCCCC2)nn1. The minimum atomic E-state index is -0.280. The van der Waals surface area contributed by atoms with Gasteiger partial charge in [0.15, 0.2) is 16.6 Å². The summed E-state index contributed by atoms with van der Waals surface area (Å²) in [6.07, 6.45) is 5.30. The molecule has 0 saturated carbocycles. The number of piperidine rings is 1. The van der Waals surface area contributed by atoms with Crippen LogP contribution in [-0.4, -0.2) is 34.2 Å². The van der Waals surface area contributed by atoms with Crippen molar-refractivity contribution in [1.82, 2.24) is 15.2 Å². The Morgan fingerprint density at radius 2 is 2.05 bits per heavy atom. The molecule has 0 aliphatic carbocycles. The molecule has 0 unspecified atom stereocenters. The summed E-state index contributed by atoms with van der Waals surface area (Å²) in [6.45, 7) is 2.03. The molecule has 1 N–H and O–H groups in total. The average Bonchev–Trinajstić information content (AvgIpc) is 3.01. The van der Waals surface area contributed by atoms with Crippen LogP contribution in [0.1, 0.15) is 29.8 Å². The number of nitrogens with zero attached hydrogens (tertiary/aromatic N) is 4. The van der Waals surface area contributed by atoms with Crippen LogP contribution in [0.5, 0.6) is 0 Å². The van der Waals surface area contributed by atoms with E-state index >= 15 is 0 Å². The van der Waals surface area contributed by atoms with E-state index in [0.29, 0.717) is 10.8 Å². The van der Waals surface area contributed by atoms with Gasteiger partial charge in [-0.15, -0.1) is 21.5 Å². The molecule has 20 heavy (non-hydrogen) atoms. The molecule has 2 aromatic heterocycles. The first kappa shape index (κ1) is 13.0. The summed E-state index contributed by atoms with van der Waals surface area (Å²) < 4.78 is 0. The van der Waals surface area contributed by atoms with Crippen LogP contribution in [0.2, 0.25) is 0 Å². The molecule has 0 spiro atoms. The number of carbonyl (C=O) groups is 1. The van der Waals surface area contributed by atoms with Crippen LogP contribution in [0.3, 0.4) is 0 Å². The lowest BCUT2D eigenvalue weighted by Gasteiger charge is -2.27. The van der Waals surface area contributed by atoms with Crippen molar-refractivity contribution in [2.75, 3.05) is 23.3 Å². The van der Waals surface area contributed by atoms with Crippen molar-refractivity contribution in [1.29, 1.82) is 0 Å². The maximum Gasteiger partial charge on any atom is 0.277 e. The molecule has 3 heterocycles. The smallest absolute Gasteiger partial charge is 0.277 e. The molecule has 7 heteroatoms. The maximum absolute atomic E-state index is 11.9. The van der Waals surface area contributed by atoms with E-state index < -0.39 is 0 Å². The number of thiazole rings is 1. The van der Waals surface area contributed by atoms with E-state index in [1.807, 2.05) is 6.07 Å². The summed E-state index contributed by atoms with van der Waals surface area (Å²) in [6, 6.07) is 3.56. The lowest BCUT2D eigenvalue weighted by atomic mass is 10.1. The number of aromatic nitrogens is 3. The van der Waals surface area contributed by atoms with Gasteiger partial charge in [-0.2, -0.15) is 0 Å². The van der Waals surface area contributed by atoms with Gasteiger partial charge in [-0.3, -0.25) is 10.1 Å². The van der Waals surface area contributed by atoms with Gasteiger partial charge >= 0.3 is 0 Å². The Morgan fingerprint density at radius 1 is 1.20 bits per heavy atom. The van der Waals surface area contributed by atoms with E-state index in [9.17, 15) is 4.79 Å². The lowest BCUT2D eigenvalue weighted by Crippen LogP contribution is -2.30. The standard InChI is InChI=1S/C13H15N5OS/c19-12(15-13-14-6-9-20-13)10-4-5-11(17-16-10)18-7-2-1-3-8-18/h4-6,9H,1-3,7-8H2,(H,14,15,19). The van der Waals surface area contributed by atoms with Gasteiger partial charge in [-0.05, 0) is 31.4 Å². The minimum absolute atomic E-state index is 0.280. The zero-order valence-electron chi connectivity index (χ0n) is 11.0. The number of anilines is 2. The number of carbonyl (C=O) groups excluding carboxylic acids is 1. The van der Waals surface area contributed by atoms with Crippen molar-refractivity contribution in [2.45, 2.75) is 19.3 Å². The summed E-state index contributed by atoms with van der Waals surface area (Å²) in [5.74, 6) is 0.563. The Balaban J connectivity index is 1.67. The summed E-state index contributed by atoms with van der Waals surface area (Å²) in [5.41, 5.74) is 0.306. The Morgan fingerprint density at radius 3 is 2.70 bits per heavy atom. The van der Waals surface area contributed by atoms with Gasteiger partial charge < -0.3 is 4.90 Å². The number of nitrogens with one attached hydrogen (secondary N) is 1. The molecule has 2 aromatic rings. The minimum Gasteiger partial charge on any atom is -0.355 e. The molecule has 1 saturated heterocycles. The molecule has 104 valence electrons. The molecule has 0 aromatic carbocycles. The van der Waals surface area contributed by atoms with E-state index in [2.05, 4.69) is 25.4 Å². The molecule has 1 amide bonds. The zero-order chi connectivity index (χ0) is 13.8. The van der Waals surface area contributed by atoms with Crippen molar-refractivity contribution >= 4 is 28.2 Å². The van der Waals surface area contributed by atoms with E-state index in [0.717, 1.165) is 18.9 Å². The van der Waals surface area contributed by atoms with E-state index in [1.165, 1.54) is 30.6 Å². The lowest BCUT2D eigenvalue weighted by molar-refractivity contribution is 0.102. The van der Waals surface area contributed by atoms with Crippen LogP contribution in [0, 0.1) is 0 Å². The summed E-state index contributed by atoms with van der Waals surface area (Å²) in [5, 5.41) is 13.2. The highest BCUT2D eigenvalue weighted by molar-refractivity contribution is 7.13. The number of hydrogen-bond acceptors (Lipinski definition) is 6. The van der Waals surface area contributed by atoms with Crippen LogP contribution in [0.4, 0.5) is 10.9 Å². The fraction of sp³-hybridized carbons (Fsp3) is 0.385. The Bertz CT molecular complexity index is 563. The van der Waals surface area contributed by atoms with Crippen molar-refractivity contribution in [3.8, 4) is 0 Å². The highest BCUT2D eigenvalue weighted by Crippen LogP contribution is 2.17. The quantitative estimate of drug-likeness (QED) is 0.937. The largest absolute Gasteiger partial charge is 0.355 e. The zero-order valence-corrected chi connectivity index (χ0v) is 11.8. The molecule has 1 aliphatic heterocycles. The third-order valence-electron chi connectivity index (χ3n) is 3.22. The summed E-state index contributed by atoms with van der Waals surface area (Å²) >= 11 is 1.37. The van der Waals surface area contributed by atoms with Crippen LogP contribution in [-0.2, 0) is 0 Å². The Kier molecular flexibility index (Phi) is 3.87. The molecular formula is C13H15N5OS. The fourth-order valence-electron chi connectivity index (χ4n) is 2.18. The predicted octanol–water partition coefficient (Wildman–Crippen LogP) is 2.18. The van der Waals surface area contributed by atoms with Gasteiger partial charge in [-0.1, -0.05) is 0 Å². The van der Waals surface area contributed by atoms with Gasteiger partial charge in [0.25, 0.3) is 5.91 Å². The first-order valence-electron chi connectivity index (χ1n) is 6.62. The molecule has 1 fully saturated rings. The van der Waals surface area contributed by atoms with E-state index in [-0.39, 0.29) is 5.91 Å². The highest BCUT2D eigenvalue weighted by Gasteiger charge is 2.14. The fourth-order valence-corrected chi connectivity index (χ4v) is 2.71. The number of rotatable bonds is 3. The number of hydrogen-bond donors (Lipinski definition) is 1. The molecular weight excluding hydrogens is 274 g/mol. The third-order valence-corrected chi connectivity index (χ3v) is 3.90. The summed E-state index contributed by atoms with van der Waals surface area (Å²) in [4.78, 5) is 18.1. The van der Waals surface area contributed by atoms with Crippen molar-refractivity contribution in [3.63, 3.8) is 0 Å². The first-order chi connectivity index (χ1) is 9.83. The molecule has 0 radical (unpaired) electrons. The van der Waals surface area contributed by atoms with Crippen LogP contribution in [0.25, 0.3) is 0 Å². The normalized spacial score (nSPS) is 15.1. The van der Waals surface area contributed by atoms with E-state index in [1.54, 1.807) is 17.6 Å². The van der Waals surface area contributed by atoms with Gasteiger partial charge in [0.2, 0.25) is 0 Å². The molecule has 1 aliphatic rings. The topological polar surface area (TPSA) is 71.0 Å².